The molecule has 0 fully saturated rings. The normalized spacial score (nSPS) is 12.9. The highest BCUT2D eigenvalue weighted by molar-refractivity contribution is 6.02. The van der Waals surface area contributed by atoms with Crippen LogP contribution in [0.4, 0.5) is 4.39 Å². The minimum Gasteiger partial charge on any atom is -0.485 e. The molecular weight excluding hydrogens is 315 g/mol. The molecule has 0 saturated heterocycles. The minimum atomic E-state index is -0.393. The number of benzene rings is 3. The van der Waals surface area contributed by atoms with Crippen LogP contribution in [0.25, 0.3) is 11.1 Å². The predicted octanol–water partition coefficient (Wildman–Crippen LogP) is 5.20. The van der Waals surface area contributed by atoms with Crippen LogP contribution in [0, 0.1) is 5.82 Å². The molecule has 0 saturated carbocycles. The van der Waals surface area contributed by atoms with Gasteiger partial charge in [0, 0.05) is 17.5 Å². The summed E-state index contributed by atoms with van der Waals surface area (Å²) in [4.78, 5) is 12.0. The van der Waals surface area contributed by atoms with E-state index < -0.39 is 5.82 Å². The Labute approximate surface area is 145 Å². The number of Topliss-reactive ketones (excluding diaryl/α,β-unsaturated/α-hetero) is 1. The smallest absolute Gasteiger partial charge is 0.165 e. The van der Waals surface area contributed by atoms with Crippen molar-refractivity contribution in [2.45, 2.75) is 19.4 Å². The molecule has 0 N–H and O–H groups in total. The van der Waals surface area contributed by atoms with E-state index in [9.17, 15) is 9.18 Å². The quantitative estimate of drug-likeness (QED) is 0.656. The third-order valence-corrected chi connectivity index (χ3v) is 4.56. The van der Waals surface area contributed by atoms with Gasteiger partial charge in [-0.3, -0.25) is 4.79 Å². The summed E-state index contributed by atoms with van der Waals surface area (Å²) in [6.45, 7) is 0.294. The van der Waals surface area contributed by atoms with Crippen LogP contribution in [0.2, 0.25) is 0 Å². The van der Waals surface area contributed by atoms with Crippen molar-refractivity contribution in [1.29, 1.82) is 0 Å². The second-order valence-corrected chi connectivity index (χ2v) is 6.15. The maximum Gasteiger partial charge on any atom is 0.165 e. The number of para-hydroxylation sites is 1. The molecule has 0 atom stereocenters. The summed E-state index contributed by atoms with van der Waals surface area (Å²) in [6.07, 6.45) is 1.21. The van der Waals surface area contributed by atoms with E-state index in [0.717, 1.165) is 22.3 Å². The number of fused-ring (bicyclic) bond motifs is 1. The van der Waals surface area contributed by atoms with Crippen molar-refractivity contribution in [2.75, 3.05) is 0 Å². The van der Waals surface area contributed by atoms with E-state index in [1.54, 1.807) is 6.07 Å². The van der Waals surface area contributed by atoms with E-state index in [-0.39, 0.29) is 11.5 Å². The van der Waals surface area contributed by atoms with Gasteiger partial charge < -0.3 is 4.74 Å². The van der Waals surface area contributed by atoms with Gasteiger partial charge in [-0.2, -0.15) is 0 Å². The van der Waals surface area contributed by atoms with Crippen molar-refractivity contribution < 1.29 is 13.9 Å². The lowest BCUT2D eigenvalue weighted by atomic mass is 9.96. The van der Waals surface area contributed by atoms with Crippen molar-refractivity contribution in [3.63, 3.8) is 0 Å². The lowest BCUT2D eigenvalue weighted by Crippen LogP contribution is -2.00. The molecule has 0 spiro atoms. The maximum atomic E-state index is 14.5. The monoisotopic (exact) mass is 332 g/mol. The molecule has 1 aliphatic rings. The van der Waals surface area contributed by atoms with Gasteiger partial charge in [-0.05, 0) is 29.2 Å². The highest BCUT2D eigenvalue weighted by Gasteiger charge is 2.24. The van der Waals surface area contributed by atoms with Crippen LogP contribution in [0.3, 0.4) is 0 Å². The van der Waals surface area contributed by atoms with Crippen molar-refractivity contribution in [3.8, 4) is 16.9 Å². The van der Waals surface area contributed by atoms with E-state index >= 15 is 0 Å². The third kappa shape index (κ3) is 2.93. The van der Waals surface area contributed by atoms with Crippen LogP contribution < -0.4 is 4.74 Å². The molecule has 4 rings (SSSR count). The van der Waals surface area contributed by atoms with E-state index in [0.29, 0.717) is 25.0 Å². The fraction of sp³-hybridized carbons (Fsp3) is 0.136. The Balaban J connectivity index is 1.74. The topological polar surface area (TPSA) is 26.3 Å². The van der Waals surface area contributed by atoms with Crippen molar-refractivity contribution in [3.05, 3.63) is 89.2 Å². The second kappa shape index (κ2) is 6.52. The van der Waals surface area contributed by atoms with E-state index in [2.05, 4.69) is 0 Å². The number of carbonyl (C=O) groups excluding carboxylic acids is 1. The Morgan fingerprint density at radius 3 is 2.36 bits per heavy atom. The van der Waals surface area contributed by atoms with Crippen LogP contribution in [0.5, 0.6) is 5.75 Å². The fourth-order valence-electron chi connectivity index (χ4n) is 3.34. The highest BCUT2D eigenvalue weighted by atomic mass is 19.1. The third-order valence-electron chi connectivity index (χ3n) is 4.56. The Morgan fingerprint density at radius 2 is 1.52 bits per heavy atom. The Bertz CT molecular complexity index is 932. The average molecular weight is 332 g/mol. The number of ether oxygens (including phenoxy) is 1. The van der Waals surface area contributed by atoms with Crippen molar-refractivity contribution in [1.82, 2.24) is 0 Å². The first-order chi connectivity index (χ1) is 12.2. The molecule has 0 aliphatic heterocycles. The van der Waals surface area contributed by atoms with E-state index in [1.807, 2.05) is 54.6 Å². The molecule has 124 valence electrons. The zero-order valence-corrected chi connectivity index (χ0v) is 13.7. The Hall–Kier alpha value is -2.94. The first kappa shape index (κ1) is 15.6. The molecule has 3 heteroatoms. The zero-order chi connectivity index (χ0) is 17.2. The summed E-state index contributed by atoms with van der Waals surface area (Å²) in [7, 11) is 0. The molecule has 0 unspecified atom stereocenters. The van der Waals surface area contributed by atoms with Gasteiger partial charge in [0.15, 0.2) is 17.3 Å². The molecule has 3 aromatic rings. The van der Waals surface area contributed by atoms with Gasteiger partial charge in [0.25, 0.3) is 0 Å². The predicted molar refractivity (Wildman–Crippen MR) is 95.3 cm³/mol. The number of halogens is 1. The molecule has 0 heterocycles. The Kier molecular flexibility index (Phi) is 4.06. The van der Waals surface area contributed by atoms with Gasteiger partial charge in [-0.15, -0.1) is 0 Å². The number of carbonyl (C=O) groups is 1. The summed E-state index contributed by atoms with van der Waals surface area (Å²) in [5, 5.41) is 0. The van der Waals surface area contributed by atoms with Gasteiger partial charge in [0.2, 0.25) is 0 Å². The summed E-state index contributed by atoms with van der Waals surface area (Å²) >= 11 is 0. The minimum absolute atomic E-state index is 0.153. The van der Waals surface area contributed by atoms with Gasteiger partial charge in [-0.1, -0.05) is 60.7 Å². The van der Waals surface area contributed by atoms with E-state index in [1.165, 1.54) is 6.07 Å². The molecule has 0 bridgehead atoms. The first-order valence-electron chi connectivity index (χ1n) is 8.35. The van der Waals surface area contributed by atoms with Crippen LogP contribution >= 0.6 is 0 Å². The molecule has 0 amide bonds. The highest BCUT2D eigenvalue weighted by Crippen LogP contribution is 2.38. The summed E-state index contributed by atoms with van der Waals surface area (Å²) in [5.74, 6) is -0.00512. The van der Waals surface area contributed by atoms with Crippen LogP contribution in [-0.2, 0) is 13.0 Å². The lowest BCUT2D eigenvalue weighted by Gasteiger charge is -2.15. The van der Waals surface area contributed by atoms with Crippen molar-refractivity contribution >= 4 is 5.78 Å². The van der Waals surface area contributed by atoms with Gasteiger partial charge in [-0.25, -0.2) is 4.39 Å². The molecule has 0 aromatic heterocycles. The van der Waals surface area contributed by atoms with Gasteiger partial charge in [0.1, 0.15) is 6.61 Å². The lowest BCUT2D eigenvalue weighted by molar-refractivity contribution is 0.0994. The van der Waals surface area contributed by atoms with Crippen LogP contribution in [0.1, 0.15) is 27.9 Å². The van der Waals surface area contributed by atoms with Crippen LogP contribution in [0.15, 0.2) is 66.7 Å². The molecule has 25 heavy (non-hydrogen) atoms. The SMILES string of the molecule is O=C1CCc2c1cccc2-c1cccc(F)c1OCc1ccccc1. The zero-order valence-electron chi connectivity index (χ0n) is 13.7. The Morgan fingerprint density at radius 1 is 0.800 bits per heavy atom. The van der Waals surface area contributed by atoms with Crippen molar-refractivity contribution in [2.24, 2.45) is 0 Å². The fourth-order valence-corrected chi connectivity index (χ4v) is 3.34. The summed E-state index contributed by atoms with van der Waals surface area (Å²) in [5.41, 5.74) is 4.29. The largest absolute Gasteiger partial charge is 0.485 e. The molecule has 0 radical (unpaired) electrons. The average Bonchev–Trinajstić information content (AvgIpc) is 3.03. The molecular formula is C22H17FO2. The molecule has 3 aromatic carbocycles. The number of rotatable bonds is 4. The van der Waals surface area contributed by atoms with E-state index in [4.69, 9.17) is 4.74 Å². The number of hydrogen-bond acceptors (Lipinski definition) is 2. The summed E-state index contributed by atoms with van der Waals surface area (Å²) < 4.78 is 20.3. The number of hydrogen-bond donors (Lipinski definition) is 0. The van der Waals surface area contributed by atoms with Crippen LogP contribution in [-0.4, -0.2) is 5.78 Å². The van der Waals surface area contributed by atoms with Gasteiger partial charge in [0.05, 0.1) is 0 Å². The molecule has 1 aliphatic carbocycles. The first-order valence-corrected chi connectivity index (χ1v) is 8.35. The maximum absolute atomic E-state index is 14.5. The van der Waals surface area contributed by atoms with Gasteiger partial charge >= 0.3 is 0 Å². The molecule has 2 nitrogen and oxygen atoms in total. The second-order valence-electron chi connectivity index (χ2n) is 6.15. The number of ketones is 1. The summed E-state index contributed by atoms with van der Waals surface area (Å²) in [6, 6.07) is 20.2. The standard InChI is InChI=1S/C22H17FO2/c23-20-11-5-10-19(22(20)25-14-15-6-2-1-3-7-15)16-8-4-9-18-17(16)12-13-21(18)24/h1-11H,12-14H2.